The van der Waals surface area contributed by atoms with E-state index in [0.717, 1.165) is 32.6 Å². The minimum absolute atomic E-state index is 0.0684. The third kappa shape index (κ3) is 5.69. The van der Waals surface area contributed by atoms with E-state index in [4.69, 9.17) is 0 Å². The second-order valence-electron chi connectivity index (χ2n) is 6.78. The van der Waals surface area contributed by atoms with Gasteiger partial charge < -0.3 is 10.6 Å². The molecular formula is C19H27N5O. The largest absolute Gasteiger partial charge is 0.351 e. The van der Waals surface area contributed by atoms with Gasteiger partial charge in [0.05, 0.1) is 13.1 Å². The Hall–Kier alpha value is -2.18. The highest BCUT2D eigenvalue weighted by Crippen LogP contribution is 2.13. The van der Waals surface area contributed by atoms with Crippen molar-refractivity contribution in [1.82, 2.24) is 25.3 Å². The lowest BCUT2D eigenvalue weighted by atomic mass is 10.2. The van der Waals surface area contributed by atoms with Crippen molar-refractivity contribution in [3.63, 3.8) is 0 Å². The number of benzene rings is 1. The summed E-state index contributed by atoms with van der Waals surface area (Å²) >= 11 is 0. The van der Waals surface area contributed by atoms with Gasteiger partial charge in [0.2, 0.25) is 5.91 Å². The summed E-state index contributed by atoms with van der Waals surface area (Å²) in [6.45, 7) is 6.07. The SMILES string of the molecule is C[C@H](Cn1cccn1)NCC(=O)N[C@@H]1CCN(Cc2ccccc2)C1. The summed E-state index contributed by atoms with van der Waals surface area (Å²) in [4.78, 5) is 14.6. The molecule has 0 spiro atoms. The van der Waals surface area contributed by atoms with Crippen LogP contribution in [0.2, 0.25) is 0 Å². The Bertz CT molecular complexity index is 643. The van der Waals surface area contributed by atoms with Crippen molar-refractivity contribution in [3.05, 3.63) is 54.4 Å². The number of nitrogens with zero attached hydrogens (tertiary/aromatic N) is 3. The molecule has 3 rings (SSSR count). The molecule has 134 valence electrons. The fourth-order valence-corrected chi connectivity index (χ4v) is 3.23. The molecule has 0 unspecified atom stereocenters. The molecule has 1 aromatic heterocycles. The van der Waals surface area contributed by atoms with Gasteiger partial charge in [-0.05, 0) is 25.0 Å². The molecule has 1 fully saturated rings. The molecule has 1 aliphatic rings. The van der Waals surface area contributed by atoms with Crippen LogP contribution in [0.4, 0.5) is 0 Å². The first-order valence-corrected chi connectivity index (χ1v) is 8.95. The summed E-state index contributed by atoms with van der Waals surface area (Å²) in [5.41, 5.74) is 1.32. The first-order chi connectivity index (χ1) is 12.2. The van der Waals surface area contributed by atoms with Gasteiger partial charge in [-0.1, -0.05) is 30.3 Å². The smallest absolute Gasteiger partial charge is 0.234 e. The van der Waals surface area contributed by atoms with Crippen molar-refractivity contribution >= 4 is 5.91 Å². The Morgan fingerprint density at radius 3 is 2.92 bits per heavy atom. The third-order valence-electron chi connectivity index (χ3n) is 4.52. The number of carbonyl (C=O) groups is 1. The van der Waals surface area contributed by atoms with Crippen molar-refractivity contribution in [1.29, 1.82) is 0 Å². The highest BCUT2D eigenvalue weighted by molar-refractivity contribution is 5.78. The average Bonchev–Trinajstić information content (AvgIpc) is 3.26. The van der Waals surface area contributed by atoms with Gasteiger partial charge in [0, 0.05) is 44.1 Å². The summed E-state index contributed by atoms with van der Waals surface area (Å²) in [6.07, 6.45) is 4.71. The molecule has 1 amide bonds. The lowest BCUT2D eigenvalue weighted by Gasteiger charge is -2.18. The Labute approximate surface area is 149 Å². The second kappa shape index (κ2) is 8.78. The number of hydrogen-bond acceptors (Lipinski definition) is 4. The van der Waals surface area contributed by atoms with E-state index in [1.807, 2.05) is 23.0 Å². The Morgan fingerprint density at radius 2 is 2.16 bits per heavy atom. The van der Waals surface area contributed by atoms with E-state index < -0.39 is 0 Å². The van der Waals surface area contributed by atoms with Gasteiger partial charge >= 0.3 is 0 Å². The van der Waals surface area contributed by atoms with Crippen LogP contribution < -0.4 is 10.6 Å². The number of carbonyl (C=O) groups excluding carboxylic acids is 1. The summed E-state index contributed by atoms with van der Waals surface area (Å²) in [6, 6.07) is 12.8. The maximum Gasteiger partial charge on any atom is 0.234 e. The van der Waals surface area contributed by atoms with Gasteiger partial charge in [-0.2, -0.15) is 5.10 Å². The molecule has 6 heteroatoms. The van der Waals surface area contributed by atoms with Crippen LogP contribution in [-0.2, 0) is 17.9 Å². The number of aromatic nitrogens is 2. The first-order valence-electron chi connectivity index (χ1n) is 8.95. The molecule has 0 radical (unpaired) electrons. The number of hydrogen-bond donors (Lipinski definition) is 2. The monoisotopic (exact) mass is 341 g/mol. The molecule has 2 aromatic rings. The topological polar surface area (TPSA) is 62.2 Å². The van der Waals surface area contributed by atoms with Crippen LogP contribution in [0.15, 0.2) is 48.8 Å². The zero-order chi connectivity index (χ0) is 17.5. The zero-order valence-corrected chi connectivity index (χ0v) is 14.8. The molecule has 0 bridgehead atoms. The van der Waals surface area contributed by atoms with Crippen LogP contribution in [0.3, 0.4) is 0 Å². The fourth-order valence-electron chi connectivity index (χ4n) is 3.23. The zero-order valence-electron chi connectivity index (χ0n) is 14.8. The van der Waals surface area contributed by atoms with Gasteiger partial charge in [-0.25, -0.2) is 0 Å². The summed E-state index contributed by atoms with van der Waals surface area (Å²) in [5.74, 6) is 0.0684. The number of rotatable bonds is 8. The molecule has 2 atom stereocenters. The van der Waals surface area contributed by atoms with Crippen LogP contribution in [0, 0.1) is 0 Å². The summed E-state index contributed by atoms with van der Waals surface area (Å²) in [7, 11) is 0. The Kier molecular flexibility index (Phi) is 6.19. The third-order valence-corrected chi connectivity index (χ3v) is 4.52. The van der Waals surface area contributed by atoms with Crippen LogP contribution >= 0.6 is 0 Å². The molecule has 1 saturated heterocycles. The Balaban J connectivity index is 1.34. The highest BCUT2D eigenvalue weighted by atomic mass is 16.2. The van der Waals surface area contributed by atoms with Crippen molar-refractivity contribution in [2.75, 3.05) is 19.6 Å². The van der Waals surface area contributed by atoms with Crippen molar-refractivity contribution in [3.8, 4) is 0 Å². The maximum atomic E-state index is 12.2. The van der Waals surface area contributed by atoms with E-state index in [9.17, 15) is 4.79 Å². The molecule has 1 aliphatic heterocycles. The van der Waals surface area contributed by atoms with Gasteiger partial charge in [0.1, 0.15) is 0 Å². The standard InChI is InChI=1S/C19H27N5O/c1-16(13-24-10-5-9-21-24)20-12-19(25)22-18-8-11-23(15-18)14-17-6-3-2-4-7-17/h2-7,9-10,16,18,20H,8,11-15H2,1H3,(H,22,25)/t16-,18-/m1/s1. The van der Waals surface area contributed by atoms with E-state index in [1.165, 1.54) is 5.56 Å². The van der Waals surface area contributed by atoms with Gasteiger partial charge in [0.15, 0.2) is 0 Å². The fraction of sp³-hybridized carbons (Fsp3) is 0.474. The molecule has 6 nitrogen and oxygen atoms in total. The Morgan fingerprint density at radius 1 is 1.32 bits per heavy atom. The quantitative estimate of drug-likeness (QED) is 0.759. The highest BCUT2D eigenvalue weighted by Gasteiger charge is 2.23. The number of amides is 1. The minimum Gasteiger partial charge on any atom is -0.351 e. The molecule has 1 aromatic carbocycles. The van der Waals surface area contributed by atoms with Crippen LogP contribution in [-0.4, -0.2) is 52.3 Å². The molecule has 25 heavy (non-hydrogen) atoms. The molecule has 2 heterocycles. The van der Waals surface area contributed by atoms with Crippen molar-refractivity contribution < 1.29 is 4.79 Å². The predicted octanol–water partition coefficient (Wildman–Crippen LogP) is 1.25. The van der Waals surface area contributed by atoms with Crippen molar-refractivity contribution in [2.24, 2.45) is 0 Å². The van der Waals surface area contributed by atoms with Crippen LogP contribution in [0.1, 0.15) is 18.9 Å². The lowest BCUT2D eigenvalue weighted by molar-refractivity contribution is -0.121. The van der Waals surface area contributed by atoms with E-state index >= 15 is 0 Å². The van der Waals surface area contributed by atoms with E-state index in [1.54, 1.807) is 6.20 Å². The number of nitrogens with one attached hydrogen (secondary N) is 2. The second-order valence-corrected chi connectivity index (χ2v) is 6.78. The predicted molar refractivity (Wildman–Crippen MR) is 98.0 cm³/mol. The number of likely N-dealkylation sites (tertiary alicyclic amines) is 1. The average molecular weight is 341 g/mol. The molecule has 0 aliphatic carbocycles. The molecule has 2 N–H and O–H groups in total. The first kappa shape index (κ1) is 17.6. The van der Waals surface area contributed by atoms with E-state index in [0.29, 0.717) is 6.54 Å². The molecule has 0 saturated carbocycles. The summed E-state index contributed by atoms with van der Waals surface area (Å²) < 4.78 is 1.87. The lowest BCUT2D eigenvalue weighted by Crippen LogP contribution is -2.44. The molecular weight excluding hydrogens is 314 g/mol. The minimum atomic E-state index is 0.0684. The van der Waals surface area contributed by atoms with Crippen molar-refractivity contribution in [2.45, 2.75) is 38.5 Å². The van der Waals surface area contributed by atoms with Gasteiger partial charge in [0.25, 0.3) is 0 Å². The van der Waals surface area contributed by atoms with Crippen LogP contribution in [0.25, 0.3) is 0 Å². The normalized spacial score (nSPS) is 19.0. The van der Waals surface area contributed by atoms with Crippen LogP contribution in [0.5, 0.6) is 0 Å². The van der Waals surface area contributed by atoms with Gasteiger partial charge in [-0.3, -0.25) is 14.4 Å². The van der Waals surface area contributed by atoms with E-state index in [-0.39, 0.29) is 18.0 Å². The van der Waals surface area contributed by atoms with Gasteiger partial charge in [-0.15, -0.1) is 0 Å². The van der Waals surface area contributed by atoms with E-state index in [2.05, 4.69) is 51.8 Å². The summed E-state index contributed by atoms with van der Waals surface area (Å²) in [5, 5.41) is 10.6. The maximum absolute atomic E-state index is 12.2.